The lowest BCUT2D eigenvalue weighted by molar-refractivity contribution is 0.738. The van der Waals surface area contributed by atoms with E-state index >= 15 is 0 Å². The van der Waals surface area contributed by atoms with Crippen LogP contribution < -0.4 is 5.32 Å². The van der Waals surface area contributed by atoms with Gasteiger partial charge < -0.3 is 5.32 Å². The number of hydrogen-bond acceptors (Lipinski definition) is 2. The Labute approximate surface area is 117 Å². The van der Waals surface area contributed by atoms with Gasteiger partial charge in [-0.15, -0.1) is 0 Å². The third-order valence-corrected chi connectivity index (χ3v) is 3.89. The molecule has 0 spiro atoms. The van der Waals surface area contributed by atoms with Gasteiger partial charge in [-0.3, -0.25) is 4.68 Å². The van der Waals surface area contributed by atoms with Gasteiger partial charge >= 0.3 is 0 Å². The number of aryl methyl sites for hydroxylation is 1. The SMILES string of the molecule is Cc1c(CNc2ccc(Br)cc2Br)cnn1C. The summed E-state index contributed by atoms with van der Waals surface area (Å²) in [6.45, 7) is 2.85. The maximum Gasteiger partial charge on any atom is 0.0542 e. The first kappa shape index (κ1) is 12.6. The summed E-state index contributed by atoms with van der Waals surface area (Å²) in [5.41, 5.74) is 3.48. The highest BCUT2D eigenvalue weighted by Crippen LogP contribution is 2.26. The minimum absolute atomic E-state index is 0.778. The van der Waals surface area contributed by atoms with Crippen molar-refractivity contribution < 1.29 is 0 Å². The topological polar surface area (TPSA) is 29.9 Å². The molecule has 1 N–H and O–H groups in total. The molecular weight excluding hydrogens is 346 g/mol. The maximum absolute atomic E-state index is 4.22. The third-order valence-electron chi connectivity index (χ3n) is 2.74. The molecule has 0 bridgehead atoms. The quantitative estimate of drug-likeness (QED) is 0.902. The van der Waals surface area contributed by atoms with E-state index in [1.165, 1.54) is 11.3 Å². The lowest BCUT2D eigenvalue weighted by Gasteiger charge is -2.08. The molecule has 0 unspecified atom stereocenters. The Morgan fingerprint density at radius 1 is 1.35 bits per heavy atom. The number of hydrogen-bond donors (Lipinski definition) is 1. The van der Waals surface area contributed by atoms with Gasteiger partial charge in [0.15, 0.2) is 0 Å². The maximum atomic E-state index is 4.22. The van der Waals surface area contributed by atoms with E-state index in [2.05, 4.69) is 49.2 Å². The standard InChI is InChI=1S/C12H13Br2N3/c1-8-9(7-16-17(8)2)6-15-12-4-3-10(13)5-11(12)14/h3-5,7,15H,6H2,1-2H3. The summed E-state index contributed by atoms with van der Waals surface area (Å²) in [5.74, 6) is 0. The fraction of sp³-hybridized carbons (Fsp3) is 0.250. The number of halogens is 2. The number of nitrogens with one attached hydrogen (secondary N) is 1. The van der Waals surface area contributed by atoms with Crippen LogP contribution in [0.25, 0.3) is 0 Å². The lowest BCUT2D eigenvalue weighted by Crippen LogP contribution is -2.01. The molecule has 0 aliphatic rings. The van der Waals surface area contributed by atoms with E-state index in [0.29, 0.717) is 0 Å². The molecule has 17 heavy (non-hydrogen) atoms. The van der Waals surface area contributed by atoms with Crippen LogP contribution in [0.15, 0.2) is 33.3 Å². The Morgan fingerprint density at radius 3 is 2.71 bits per heavy atom. The molecule has 3 nitrogen and oxygen atoms in total. The summed E-state index contributed by atoms with van der Waals surface area (Å²) in [7, 11) is 1.95. The van der Waals surface area contributed by atoms with Crippen LogP contribution >= 0.6 is 31.9 Å². The van der Waals surface area contributed by atoms with Crippen molar-refractivity contribution in [1.82, 2.24) is 9.78 Å². The summed E-state index contributed by atoms with van der Waals surface area (Å²) in [6, 6.07) is 6.08. The number of aromatic nitrogens is 2. The van der Waals surface area contributed by atoms with Crippen LogP contribution in [0.1, 0.15) is 11.3 Å². The van der Waals surface area contributed by atoms with E-state index in [1.54, 1.807) is 0 Å². The predicted molar refractivity (Wildman–Crippen MR) is 77.1 cm³/mol. The fourth-order valence-corrected chi connectivity index (χ4v) is 2.73. The number of rotatable bonds is 3. The normalized spacial score (nSPS) is 10.6. The highest BCUT2D eigenvalue weighted by atomic mass is 79.9. The molecular formula is C12H13Br2N3. The largest absolute Gasteiger partial charge is 0.380 e. The van der Waals surface area contributed by atoms with Crippen LogP contribution in [-0.2, 0) is 13.6 Å². The highest BCUT2D eigenvalue weighted by Gasteiger charge is 2.05. The molecule has 0 amide bonds. The Balaban J connectivity index is 2.10. The van der Waals surface area contributed by atoms with Crippen LogP contribution in [0.4, 0.5) is 5.69 Å². The molecule has 0 atom stereocenters. The smallest absolute Gasteiger partial charge is 0.0542 e. The summed E-state index contributed by atoms with van der Waals surface area (Å²) >= 11 is 6.97. The zero-order valence-electron chi connectivity index (χ0n) is 9.67. The molecule has 0 fully saturated rings. The van der Waals surface area contributed by atoms with Crippen molar-refractivity contribution in [3.63, 3.8) is 0 Å². The molecule has 0 saturated heterocycles. The van der Waals surface area contributed by atoms with Gasteiger partial charge in [-0.1, -0.05) is 15.9 Å². The summed E-state index contributed by atoms with van der Waals surface area (Å²) in [5, 5.41) is 7.61. The summed E-state index contributed by atoms with van der Waals surface area (Å²) < 4.78 is 3.99. The van der Waals surface area contributed by atoms with Crippen molar-refractivity contribution in [3.8, 4) is 0 Å². The van der Waals surface area contributed by atoms with E-state index in [0.717, 1.165) is 21.2 Å². The Hall–Kier alpha value is -0.810. The second-order valence-corrected chi connectivity index (χ2v) is 5.63. The van der Waals surface area contributed by atoms with E-state index < -0.39 is 0 Å². The van der Waals surface area contributed by atoms with E-state index in [9.17, 15) is 0 Å². The molecule has 2 aromatic rings. The third kappa shape index (κ3) is 2.90. The Morgan fingerprint density at radius 2 is 2.12 bits per heavy atom. The Bertz CT molecular complexity index is 535. The molecule has 90 valence electrons. The van der Waals surface area contributed by atoms with Gasteiger partial charge in [0.2, 0.25) is 0 Å². The predicted octanol–water partition coefficient (Wildman–Crippen LogP) is 3.87. The van der Waals surface area contributed by atoms with E-state index in [-0.39, 0.29) is 0 Å². The van der Waals surface area contributed by atoms with Gasteiger partial charge in [0.25, 0.3) is 0 Å². The second kappa shape index (κ2) is 5.23. The van der Waals surface area contributed by atoms with Gasteiger partial charge in [0.1, 0.15) is 0 Å². The summed E-state index contributed by atoms with van der Waals surface area (Å²) in [4.78, 5) is 0. The van der Waals surface area contributed by atoms with Gasteiger partial charge in [-0.25, -0.2) is 0 Å². The van der Waals surface area contributed by atoms with Crippen molar-refractivity contribution in [3.05, 3.63) is 44.6 Å². The zero-order chi connectivity index (χ0) is 12.4. The lowest BCUT2D eigenvalue weighted by atomic mass is 10.2. The molecule has 5 heteroatoms. The van der Waals surface area contributed by atoms with Gasteiger partial charge in [0.05, 0.1) is 6.20 Å². The monoisotopic (exact) mass is 357 g/mol. The first-order valence-corrected chi connectivity index (χ1v) is 6.83. The minimum Gasteiger partial charge on any atom is -0.380 e. The number of benzene rings is 1. The van der Waals surface area contributed by atoms with Gasteiger partial charge in [-0.05, 0) is 41.1 Å². The van der Waals surface area contributed by atoms with Crippen molar-refractivity contribution >= 4 is 37.5 Å². The highest BCUT2D eigenvalue weighted by molar-refractivity contribution is 9.11. The van der Waals surface area contributed by atoms with Gasteiger partial charge in [-0.2, -0.15) is 5.10 Å². The van der Waals surface area contributed by atoms with Crippen molar-refractivity contribution in [1.29, 1.82) is 0 Å². The average molecular weight is 359 g/mol. The average Bonchev–Trinajstić information content (AvgIpc) is 2.59. The first-order chi connectivity index (χ1) is 8.08. The number of nitrogens with zero attached hydrogens (tertiary/aromatic N) is 2. The van der Waals surface area contributed by atoms with Crippen molar-refractivity contribution in [2.75, 3.05) is 5.32 Å². The first-order valence-electron chi connectivity index (χ1n) is 5.24. The molecule has 0 aliphatic carbocycles. The molecule has 0 radical (unpaired) electrons. The van der Waals surface area contributed by atoms with Crippen molar-refractivity contribution in [2.45, 2.75) is 13.5 Å². The molecule has 0 saturated carbocycles. The fourth-order valence-electron chi connectivity index (χ4n) is 1.54. The number of anilines is 1. The van der Waals surface area contributed by atoms with Crippen LogP contribution in [-0.4, -0.2) is 9.78 Å². The van der Waals surface area contributed by atoms with Crippen LogP contribution in [0.2, 0.25) is 0 Å². The van der Waals surface area contributed by atoms with Crippen LogP contribution in [0.3, 0.4) is 0 Å². The molecule has 0 aliphatic heterocycles. The Kier molecular flexibility index (Phi) is 3.89. The van der Waals surface area contributed by atoms with Crippen LogP contribution in [0.5, 0.6) is 0 Å². The van der Waals surface area contributed by atoms with Crippen LogP contribution in [0, 0.1) is 6.92 Å². The van der Waals surface area contributed by atoms with E-state index in [1.807, 2.05) is 36.1 Å². The van der Waals surface area contributed by atoms with Gasteiger partial charge in [0, 0.05) is 39.5 Å². The molecule has 1 aromatic heterocycles. The molecule has 1 heterocycles. The summed E-state index contributed by atoms with van der Waals surface area (Å²) in [6.07, 6.45) is 1.90. The van der Waals surface area contributed by atoms with Crippen molar-refractivity contribution in [2.24, 2.45) is 7.05 Å². The second-order valence-electron chi connectivity index (χ2n) is 3.86. The molecule has 2 rings (SSSR count). The molecule has 1 aromatic carbocycles. The minimum atomic E-state index is 0.778. The zero-order valence-corrected chi connectivity index (χ0v) is 12.8. The van der Waals surface area contributed by atoms with E-state index in [4.69, 9.17) is 0 Å².